The van der Waals surface area contributed by atoms with Gasteiger partial charge in [-0.3, -0.25) is 0 Å². The van der Waals surface area contributed by atoms with Gasteiger partial charge in [0.2, 0.25) is 0 Å². The number of carbonyl (C=O) groups excluding carboxylic acids is 1. The van der Waals surface area contributed by atoms with E-state index in [2.05, 4.69) is 12.2 Å². The summed E-state index contributed by atoms with van der Waals surface area (Å²) in [6.45, 7) is 4.33. The summed E-state index contributed by atoms with van der Waals surface area (Å²) >= 11 is 0. The van der Waals surface area contributed by atoms with E-state index in [1.165, 1.54) is 6.42 Å². The van der Waals surface area contributed by atoms with E-state index >= 15 is 0 Å². The van der Waals surface area contributed by atoms with E-state index < -0.39 is 0 Å². The Morgan fingerprint density at radius 2 is 2.47 bits per heavy atom. The van der Waals surface area contributed by atoms with Gasteiger partial charge in [0.25, 0.3) is 0 Å². The molecule has 3 N–H and O–H groups in total. The molecule has 0 bridgehead atoms. The lowest BCUT2D eigenvalue weighted by atomic mass is 10.0. The fourth-order valence-electron chi connectivity index (χ4n) is 2.78. The summed E-state index contributed by atoms with van der Waals surface area (Å²) in [5.41, 5.74) is 5.84. The average Bonchev–Trinajstić information content (AvgIpc) is 3.00. The topological polar surface area (TPSA) is 58.4 Å². The van der Waals surface area contributed by atoms with Gasteiger partial charge in [-0.25, -0.2) is 4.79 Å². The van der Waals surface area contributed by atoms with Crippen LogP contribution in [0.3, 0.4) is 0 Å². The van der Waals surface area contributed by atoms with Crippen LogP contribution in [0, 0.1) is 5.92 Å². The highest BCUT2D eigenvalue weighted by atomic mass is 16.2. The molecule has 1 heterocycles. The zero-order valence-electron chi connectivity index (χ0n) is 9.46. The molecule has 1 aliphatic heterocycles. The molecular formula is C11H21N3O. The fraction of sp³-hybridized carbons (Fsp3) is 0.909. The number of carbonyl (C=O) groups is 1. The van der Waals surface area contributed by atoms with Crippen LogP contribution in [0.25, 0.3) is 0 Å². The fourth-order valence-corrected chi connectivity index (χ4v) is 2.78. The van der Waals surface area contributed by atoms with Crippen molar-refractivity contribution in [3.63, 3.8) is 0 Å². The highest BCUT2D eigenvalue weighted by molar-refractivity contribution is 5.76. The summed E-state index contributed by atoms with van der Waals surface area (Å²) in [5.74, 6) is 0.670. The van der Waals surface area contributed by atoms with Gasteiger partial charge in [0.1, 0.15) is 0 Å². The Labute approximate surface area is 91.2 Å². The molecule has 2 rings (SSSR count). The minimum Gasteiger partial charge on any atom is -0.338 e. The van der Waals surface area contributed by atoms with Crippen molar-refractivity contribution in [3.8, 4) is 0 Å². The molecule has 86 valence electrons. The normalized spacial score (nSPS) is 33.5. The summed E-state index contributed by atoms with van der Waals surface area (Å²) in [6.07, 6.45) is 4.47. The van der Waals surface area contributed by atoms with Gasteiger partial charge in [-0.05, 0) is 31.6 Å². The molecule has 2 aliphatic rings. The molecule has 0 aromatic rings. The van der Waals surface area contributed by atoms with Gasteiger partial charge < -0.3 is 16.0 Å². The number of nitrogens with one attached hydrogen (secondary N) is 1. The molecule has 0 radical (unpaired) electrons. The third-order valence-corrected chi connectivity index (χ3v) is 3.80. The van der Waals surface area contributed by atoms with Crippen LogP contribution in [0.1, 0.15) is 32.6 Å². The molecular weight excluding hydrogens is 190 g/mol. The van der Waals surface area contributed by atoms with Crippen molar-refractivity contribution in [1.29, 1.82) is 0 Å². The van der Waals surface area contributed by atoms with Crippen LogP contribution in [0.5, 0.6) is 0 Å². The first-order valence-corrected chi connectivity index (χ1v) is 6.00. The van der Waals surface area contributed by atoms with E-state index in [-0.39, 0.29) is 11.6 Å². The first-order chi connectivity index (χ1) is 7.24. The lowest BCUT2D eigenvalue weighted by Gasteiger charge is -2.35. The monoisotopic (exact) mass is 211 g/mol. The molecule has 15 heavy (non-hydrogen) atoms. The zero-order valence-corrected chi connectivity index (χ0v) is 9.46. The minimum atomic E-state index is 0.0239. The molecule has 1 saturated heterocycles. The smallest absolute Gasteiger partial charge is 0.317 e. The van der Waals surface area contributed by atoms with Crippen LogP contribution in [0.15, 0.2) is 0 Å². The maximum Gasteiger partial charge on any atom is 0.317 e. The van der Waals surface area contributed by atoms with Crippen molar-refractivity contribution in [2.75, 3.05) is 19.6 Å². The lowest BCUT2D eigenvalue weighted by Crippen LogP contribution is -2.54. The van der Waals surface area contributed by atoms with Crippen molar-refractivity contribution in [3.05, 3.63) is 0 Å². The molecule has 0 spiro atoms. The van der Waals surface area contributed by atoms with Crippen LogP contribution in [-0.2, 0) is 0 Å². The van der Waals surface area contributed by atoms with Crippen molar-refractivity contribution in [1.82, 2.24) is 10.2 Å². The van der Waals surface area contributed by atoms with Crippen LogP contribution < -0.4 is 11.1 Å². The molecule has 2 fully saturated rings. The van der Waals surface area contributed by atoms with Crippen molar-refractivity contribution in [2.45, 2.75) is 38.1 Å². The maximum absolute atomic E-state index is 11.9. The highest BCUT2D eigenvalue weighted by Crippen LogP contribution is 2.53. The number of nitrogens with zero attached hydrogens (tertiary/aromatic N) is 1. The maximum atomic E-state index is 11.9. The Morgan fingerprint density at radius 1 is 1.67 bits per heavy atom. The number of piperidine rings is 1. The molecule has 1 aliphatic carbocycles. The zero-order chi connectivity index (χ0) is 10.9. The molecule has 4 nitrogen and oxygen atoms in total. The largest absolute Gasteiger partial charge is 0.338 e. The second kappa shape index (κ2) is 4.00. The SMILES string of the molecule is CCCNC(=O)N1CCCC2CC21CN. The standard InChI is InChI=1S/C11H21N3O/c1-2-5-13-10(15)14-6-3-4-9-7-11(9,14)8-12/h9H,2-8,12H2,1H3,(H,13,15). The van der Waals surface area contributed by atoms with Crippen LogP contribution >= 0.6 is 0 Å². The van der Waals surface area contributed by atoms with Gasteiger partial charge in [-0.15, -0.1) is 0 Å². The number of urea groups is 1. The van der Waals surface area contributed by atoms with Gasteiger partial charge in [0, 0.05) is 19.6 Å². The van der Waals surface area contributed by atoms with E-state index in [9.17, 15) is 4.79 Å². The van der Waals surface area contributed by atoms with Gasteiger partial charge in [0.15, 0.2) is 0 Å². The number of hydrogen-bond acceptors (Lipinski definition) is 2. The summed E-state index contributed by atoms with van der Waals surface area (Å²) in [5, 5.41) is 2.95. The van der Waals surface area contributed by atoms with E-state index in [4.69, 9.17) is 5.73 Å². The number of amides is 2. The Morgan fingerprint density at radius 3 is 3.13 bits per heavy atom. The second-order valence-electron chi connectivity index (χ2n) is 4.73. The quantitative estimate of drug-likeness (QED) is 0.729. The van der Waals surface area contributed by atoms with Crippen LogP contribution in [-0.4, -0.2) is 36.1 Å². The highest BCUT2D eigenvalue weighted by Gasteiger charge is 2.59. The second-order valence-corrected chi connectivity index (χ2v) is 4.73. The van der Waals surface area contributed by atoms with Crippen molar-refractivity contribution < 1.29 is 4.79 Å². The number of nitrogens with two attached hydrogens (primary N) is 1. The molecule has 2 unspecified atom stereocenters. The van der Waals surface area contributed by atoms with Crippen LogP contribution in [0.2, 0.25) is 0 Å². The van der Waals surface area contributed by atoms with E-state index in [0.717, 1.165) is 32.4 Å². The van der Waals surface area contributed by atoms with Crippen LogP contribution in [0.4, 0.5) is 4.79 Å². The first kappa shape index (κ1) is 10.7. The van der Waals surface area contributed by atoms with Gasteiger partial charge in [-0.1, -0.05) is 6.92 Å². The van der Waals surface area contributed by atoms with Gasteiger partial charge >= 0.3 is 6.03 Å². The summed E-state index contributed by atoms with van der Waals surface area (Å²) in [7, 11) is 0. The van der Waals surface area contributed by atoms with Gasteiger partial charge in [0.05, 0.1) is 5.54 Å². The molecule has 0 aromatic carbocycles. The van der Waals surface area contributed by atoms with Gasteiger partial charge in [-0.2, -0.15) is 0 Å². The Bertz CT molecular complexity index is 256. The third-order valence-electron chi connectivity index (χ3n) is 3.80. The average molecular weight is 211 g/mol. The molecule has 4 heteroatoms. The number of fused-ring (bicyclic) bond motifs is 1. The number of likely N-dealkylation sites (tertiary alicyclic amines) is 1. The molecule has 2 atom stereocenters. The first-order valence-electron chi connectivity index (χ1n) is 6.00. The molecule has 2 amide bonds. The minimum absolute atomic E-state index is 0.0239. The lowest BCUT2D eigenvalue weighted by molar-refractivity contribution is 0.144. The Hall–Kier alpha value is -0.770. The molecule has 1 saturated carbocycles. The van der Waals surface area contributed by atoms with E-state index in [0.29, 0.717) is 12.5 Å². The Kier molecular flexibility index (Phi) is 2.87. The number of rotatable bonds is 3. The van der Waals surface area contributed by atoms with Crippen molar-refractivity contribution >= 4 is 6.03 Å². The third kappa shape index (κ3) is 1.71. The summed E-state index contributed by atoms with van der Waals surface area (Å²) in [6, 6.07) is 0.0875. The van der Waals surface area contributed by atoms with E-state index in [1.54, 1.807) is 0 Å². The summed E-state index contributed by atoms with van der Waals surface area (Å²) < 4.78 is 0. The predicted molar refractivity (Wildman–Crippen MR) is 59.5 cm³/mol. The predicted octanol–water partition coefficient (Wildman–Crippen LogP) is 0.919. The summed E-state index contributed by atoms with van der Waals surface area (Å²) in [4.78, 5) is 13.9. The van der Waals surface area contributed by atoms with Crippen molar-refractivity contribution in [2.24, 2.45) is 11.7 Å². The number of hydrogen-bond donors (Lipinski definition) is 2. The molecule has 0 aromatic heterocycles. The van der Waals surface area contributed by atoms with E-state index in [1.807, 2.05) is 4.90 Å². The Balaban J connectivity index is 1.98.